The molecule has 2 atom stereocenters. The quantitative estimate of drug-likeness (QED) is 0.907. The Hall–Kier alpha value is -1.40. The second kappa shape index (κ2) is 7.23. The van der Waals surface area contributed by atoms with Gasteiger partial charge in [0.25, 0.3) is 0 Å². The fourth-order valence-electron chi connectivity index (χ4n) is 3.61. The Kier molecular flexibility index (Phi) is 5.25. The van der Waals surface area contributed by atoms with E-state index >= 15 is 0 Å². The second-order valence-electron chi connectivity index (χ2n) is 7.13. The number of anilines is 2. The maximum atomic E-state index is 10.6. The molecule has 1 aromatic heterocycles. The third-order valence-corrected chi connectivity index (χ3v) is 5.43. The molecule has 24 heavy (non-hydrogen) atoms. The number of hydrogen-bond acceptors (Lipinski definition) is 6. The molecule has 0 spiro atoms. The first kappa shape index (κ1) is 17.4. The van der Waals surface area contributed by atoms with Gasteiger partial charge in [-0.05, 0) is 26.2 Å². The molecule has 2 aliphatic rings. The summed E-state index contributed by atoms with van der Waals surface area (Å²) >= 11 is 0. The number of aromatic nitrogens is 2. The molecule has 0 radical (unpaired) electrons. The van der Waals surface area contributed by atoms with E-state index in [4.69, 9.17) is 14.7 Å². The van der Waals surface area contributed by atoms with Crippen molar-refractivity contribution in [3.8, 4) is 0 Å². The summed E-state index contributed by atoms with van der Waals surface area (Å²) in [5.74, 6) is 2.09. The van der Waals surface area contributed by atoms with Crippen LogP contribution in [-0.4, -0.2) is 60.1 Å². The lowest BCUT2D eigenvalue weighted by Crippen LogP contribution is -2.50. The molecule has 1 aromatic rings. The van der Waals surface area contributed by atoms with Crippen LogP contribution < -0.4 is 9.80 Å². The van der Waals surface area contributed by atoms with E-state index in [-0.39, 0.29) is 5.92 Å². The standard InChI is InChI=1S/C18H30N4O2/c1-4-14-13-22(7-6-18(14,3)23)16-12-15(5-2)19-17(20-16)21-8-10-24-11-9-21/h12,14,23H,4-11,13H2,1-3H3/t14?,18-/m1/s1. The van der Waals surface area contributed by atoms with Crippen LogP contribution in [0, 0.1) is 5.92 Å². The highest BCUT2D eigenvalue weighted by Crippen LogP contribution is 2.32. The summed E-state index contributed by atoms with van der Waals surface area (Å²) in [6.45, 7) is 11.1. The summed E-state index contributed by atoms with van der Waals surface area (Å²) in [5, 5.41) is 10.6. The van der Waals surface area contributed by atoms with Crippen molar-refractivity contribution in [3.63, 3.8) is 0 Å². The number of aryl methyl sites for hydroxylation is 1. The summed E-state index contributed by atoms with van der Waals surface area (Å²) in [5.41, 5.74) is 0.505. The van der Waals surface area contributed by atoms with Crippen LogP contribution in [0.2, 0.25) is 0 Å². The molecule has 1 N–H and O–H groups in total. The van der Waals surface area contributed by atoms with E-state index in [2.05, 4.69) is 29.7 Å². The third kappa shape index (κ3) is 3.64. The molecule has 3 heterocycles. The first-order valence-electron chi connectivity index (χ1n) is 9.21. The number of aliphatic hydroxyl groups is 1. The molecule has 2 saturated heterocycles. The van der Waals surface area contributed by atoms with Crippen molar-refractivity contribution in [1.82, 2.24) is 9.97 Å². The molecular formula is C18H30N4O2. The average Bonchev–Trinajstić information content (AvgIpc) is 2.61. The summed E-state index contributed by atoms with van der Waals surface area (Å²) in [4.78, 5) is 14.1. The van der Waals surface area contributed by atoms with Crippen LogP contribution in [0.25, 0.3) is 0 Å². The van der Waals surface area contributed by atoms with Crippen LogP contribution >= 0.6 is 0 Å². The molecule has 6 heteroatoms. The largest absolute Gasteiger partial charge is 0.390 e. The molecule has 2 fully saturated rings. The van der Waals surface area contributed by atoms with Crippen molar-refractivity contribution in [2.45, 2.75) is 45.6 Å². The first-order valence-corrected chi connectivity index (χ1v) is 9.21. The molecule has 0 amide bonds. The second-order valence-corrected chi connectivity index (χ2v) is 7.13. The zero-order valence-electron chi connectivity index (χ0n) is 15.2. The van der Waals surface area contributed by atoms with Gasteiger partial charge in [-0.15, -0.1) is 0 Å². The van der Waals surface area contributed by atoms with Crippen molar-refractivity contribution in [3.05, 3.63) is 11.8 Å². The Balaban J connectivity index is 1.84. The topological polar surface area (TPSA) is 61.7 Å². The summed E-state index contributed by atoms with van der Waals surface area (Å²) < 4.78 is 5.44. The van der Waals surface area contributed by atoms with Crippen molar-refractivity contribution in [1.29, 1.82) is 0 Å². The number of rotatable bonds is 4. The first-order chi connectivity index (χ1) is 11.5. The number of piperidine rings is 1. The van der Waals surface area contributed by atoms with E-state index in [1.807, 2.05) is 6.92 Å². The highest BCUT2D eigenvalue weighted by Gasteiger charge is 2.37. The van der Waals surface area contributed by atoms with Gasteiger partial charge in [0.15, 0.2) is 0 Å². The molecule has 0 aliphatic carbocycles. The number of ether oxygens (including phenoxy) is 1. The van der Waals surface area contributed by atoms with Gasteiger partial charge in [-0.25, -0.2) is 4.98 Å². The molecule has 0 aromatic carbocycles. The van der Waals surface area contributed by atoms with E-state index in [9.17, 15) is 5.11 Å². The molecule has 0 bridgehead atoms. The minimum absolute atomic E-state index is 0.276. The minimum atomic E-state index is -0.571. The summed E-state index contributed by atoms with van der Waals surface area (Å²) in [6, 6.07) is 2.11. The normalized spacial score (nSPS) is 28.2. The van der Waals surface area contributed by atoms with Crippen LogP contribution in [0.1, 0.15) is 39.3 Å². The zero-order valence-corrected chi connectivity index (χ0v) is 15.2. The maximum Gasteiger partial charge on any atom is 0.227 e. The van der Waals surface area contributed by atoms with E-state index in [1.165, 1.54) is 0 Å². The molecule has 3 rings (SSSR count). The lowest BCUT2D eigenvalue weighted by molar-refractivity contribution is -0.0183. The van der Waals surface area contributed by atoms with Gasteiger partial charge in [0, 0.05) is 43.9 Å². The Morgan fingerprint density at radius 2 is 1.96 bits per heavy atom. The van der Waals surface area contributed by atoms with Crippen LogP contribution in [0.15, 0.2) is 6.07 Å². The van der Waals surface area contributed by atoms with E-state index in [0.717, 1.165) is 76.1 Å². The minimum Gasteiger partial charge on any atom is -0.390 e. The lowest BCUT2D eigenvalue weighted by atomic mass is 9.81. The van der Waals surface area contributed by atoms with Crippen LogP contribution in [0.5, 0.6) is 0 Å². The van der Waals surface area contributed by atoms with E-state index < -0.39 is 5.60 Å². The van der Waals surface area contributed by atoms with Gasteiger partial charge in [-0.2, -0.15) is 4.98 Å². The van der Waals surface area contributed by atoms with Crippen LogP contribution in [-0.2, 0) is 11.2 Å². The predicted molar refractivity (Wildman–Crippen MR) is 95.7 cm³/mol. The van der Waals surface area contributed by atoms with Gasteiger partial charge < -0.3 is 19.6 Å². The summed E-state index contributed by atoms with van der Waals surface area (Å²) in [7, 11) is 0. The van der Waals surface area contributed by atoms with Crippen molar-refractivity contribution in [2.75, 3.05) is 49.2 Å². The predicted octanol–water partition coefficient (Wildman–Crippen LogP) is 1.86. The number of morpholine rings is 1. The monoisotopic (exact) mass is 334 g/mol. The smallest absolute Gasteiger partial charge is 0.227 e. The van der Waals surface area contributed by atoms with Crippen molar-refractivity contribution < 1.29 is 9.84 Å². The SMILES string of the molecule is CCc1cc(N2CC[C@@](C)(O)C(CC)C2)nc(N2CCOCC2)n1. The Morgan fingerprint density at radius 3 is 2.62 bits per heavy atom. The van der Waals surface area contributed by atoms with Crippen molar-refractivity contribution >= 4 is 11.8 Å². The van der Waals surface area contributed by atoms with Crippen LogP contribution in [0.4, 0.5) is 11.8 Å². The molecule has 1 unspecified atom stereocenters. The Morgan fingerprint density at radius 1 is 1.21 bits per heavy atom. The van der Waals surface area contributed by atoms with E-state index in [0.29, 0.717) is 0 Å². The molecule has 134 valence electrons. The molecule has 0 saturated carbocycles. The number of hydrogen-bond donors (Lipinski definition) is 1. The van der Waals surface area contributed by atoms with E-state index in [1.54, 1.807) is 0 Å². The fourth-order valence-corrected chi connectivity index (χ4v) is 3.61. The van der Waals surface area contributed by atoms with Gasteiger partial charge in [0.2, 0.25) is 5.95 Å². The fraction of sp³-hybridized carbons (Fsp3) is 0.778. The average molecular weight is 334 g/mol. The molecular weight excluding hydrogens is 304 g/mol. The van der Waals surface area contributed by atoms with Gasteiger partial charge >= 0.3 is 0 Å². The van der Waals surface area contributed by atoms with Gasteiger partial charge in [-0.3, -0.25) is 0 Å². The lowest BCUT2D eigenvalue weighted by Gasteiger charge is -2.43. The highest BCUT2D eigenvalue weighted by atomic mass is 16.5. The highest BCUT2D eigenvalue weighted by molar-refractivity contribution is 5.47. The van der Waals surface area contributed by atoms with Gasteiger partial charge in [0.1, 0.15) is 5.82 Å². The number of nitrogens with zero attached hydrogens (tertiary/aromatic N) is 4. The summed E-state index contributed by atoms with van der Waals surface area (Å²) in [6.07, 6.45) is 2.66. The third-order valence-electron chi connectivity index (χ3n) is 5.43. The molecule has 6 nitrogen and oxygen atoms in total. The Bertz CT molecular complexity index is 558. The molecule has 2 aliphatic heterocycles. The van der Waals surface area contributed by atoms with Crippen LogP contribution in [0.3, 0.4) is 0 Å². The van der Waals surface area contributed by atoms with Crippen molar-refractivity contribution in [2.24, 2.45) is 5.92 Å². The van der Waals surface area contributed by atoms with Gasteiger partial charge in [0.05, 0.1) is 18.8 Å². The Labute approximate surface area is 144 Å². The maximum absolute atomic E-state index is 10.6. The van der Waals surface area contributed by atoms with Gasteiger partial charge in [-0.1, -0.05) is 13.8 Å². The zero-order chi connectivity index (χ0) is 17.2.